The molecule has 0 aliphatic rings. The van der Waals surface area contributed by atoms with E-state index in [2.05, 4.69) is 4.98 Å². The summed E-state index contributed by atoms with van der Waals surface area (Å²) in [4.78, 5) is 4.08. The molecule has 0 spiro atoms. The fourth-order valence-corrected chi connectivity index (χ4v) is 1.56. The summed E-state index contributed by atoms with van der Waals surface area (Å²) in [5.74, 6) is 0.746. The van der Waals surface area contributed by atoms with Gasteiger partial charge in [-0.15, -0.1) is 0 Å². The Bertz CT molecular complexity index is 588. The van der Waals surface area contributed by atoms with E-state index in [-0.39, 0.29) is 0 Å². The van der Waals surface area contributed by atoms with Gasteiger partial charge in [0.25, 0.3) is 0 Å². The van der Waals surface area contributed by atoms with Crippen LogP contribution < -0.4 is 4.74 Å². The highest BCUT2D eigenvalue weighted by atomic mass is 16.5. The van der Waals surface area contributed by atoms with Gasteiger partial charge in [0, 0.05) is 11.8 Å². The number of aromatic nitrogens is 1. The lowest BCUT2D eigenvalue weighted by Crippen LogP contribution is -1.98. The van der Waals surface area contributed by atoms with E-state index in [1.54, 1.807) is 49.5 Å². The third-order valence-electron chi connectivity index (χ3n) is 2.46. The van der Waals surface area contributed by atoms with Crippen molar-refractivity contribution in [3.05, 3.63) is 53.7 Å². The number of nitriles is 1. The maximum Gasteiger partial charge on any atom is 0.225 e. The Labute approximate surface area is 105 Å². The number of rotatable bonds is 3. The minimum absolute atomic E-state index is 0.315. The Hall–Kier alpha value is -2.38. The lowest BCUT2D eigenvalue weighted by atomic mass is 10.2. The number of benzene rings is 1. The number of hydrogen-bond acceptors (Lipinski definition) is 4. The summed E-state index contributed by atoms with van der Waals surface area (Å²) < 4.78 is 5.60. The van der Waals surface area contributed by atoms with Gasteiger partial charge >= 0.3 is 0 Å². The molecule has 0 fully saturated rings. The minimum atomic E-state index is -0.678. The molecule has 0 bridgehead atoms. The summed E-state index contributed by atoms with van der Waals surface area (Å²) in [5, 5.41) is 18.6. The van der Waals surface area contributed by atoms with E-state index in [1.165, 1.54) is 0 Å². The molecule has 1 aromatic carbocycles. The van der Waals surface area contributed by atoms with Gasteiger partial charge in [-0.25, -0.2) is 4.98 Å². The van der Waals surface area contributed by atoms with E-state index in [4.69, 9.17) is 10.00 Å². The molecule has 0 amide bonds. The van der Waals surface area contributed by atoms with Gasteiger partial charge in [-0.05, 0) is 31.2 Å². The molecule has 0 saturated carbocycles. The summed E-state index contributed by atoms with van der Waals surface area (Å²) >= 11 is 0. The van der Waals surface area contributed by atoms with Gasteiger partial charge in [0.2, 0.25) is 5.88 Å². The number of ether oxygens (including phenoxy) is 1. The number of nitrogens with zero attached hydrogens (tertiary/aromatic N) is 2. The topological polar surface area (TPSA) is 66.1 Å². The second kappa shape index (κ2) is 5.30. The monoisotopic (exact) mass is 240 g/mol. The SMILES string of the molecule is C[C@@H](O)c1cccnc1Oc1ccccc1C#N. The maximum absolute atomic E-state index is 9.62. The largest absolute Gasteiger partial charge is 0.437 e. The zero-order valence-corrected chi connectivity index (χ0v) is 9.87. The molecule has 4 nitrogen and oxygen atoms in total. The van der Waals surface area contributed by atoms with Gasteiger partial charge in [-0.2, -0.15) is 5.26 Å². The van der Waals surface area contributed by atoms with Crippen LogP contribution in [0.3, 0.4) is 0 Å². The van der Waals surface area contributed by atoms with Crippen LogP contribution in [0.2, 0.25) is 0 Å². The Kier molecular flexibility index (Phi) is 3.56. The molecule has 1 heterocycles. The molecule has 0 radical (unpaired) electrons. The average molecular weight is 240 g/mol. The number of aliphatic hydroxyl groups excluding tert-OH is 1. The molecule has 0 unspecified atom stereocenters. The third kappa shape index (κ3) is 2.47. The highest BCUT2D eigenvalue weighted by Gasteiger charge is 2.12. The van der Waals surface area contributed by atoms with E-state index in [9.17, 15) is 5.11 Å². The molecule has 2 aromatic rings. The van der Waals surface area contributed by atoms with E-state index in [1.807, 2.05) is 6.07 Å². The average Bonchev–Trinajstić information content (AvgIpc) is 2.40. The highest BCUT2D eigenvalue weighted by molar-refractivity contribution is 5.45. The summed E-state index contributed by atoms with van der Waals surface area (Å²) in [5.41, 5.74) is 1.02. The molecule has 0 aliphatic heterocycles. The van der Waals surface area contributed by atoms with Gasteiger partial charge in [-0.3, -0.25) is 0 Å². The molecule has 2 rings (SSSR count). The van der Waals surface area contributed by atoms with Crippen molar-refractivity contribution in [1.82, 2.24) is 4.98 Å². The summed E-state index contributed by atoms with van der Waals surface area (Å²) in [6.45, 7) is 1.64. The molecule has 0 saturated heterocycles. The molecule has 90 valence electrons. The van der Waals surface area contributed by atoms with Crippen LogP contribution in [0.4, 0.5) is 0 Å². The van der Waals surface area contributed by atoms with Gasteiger partial charge in [-0.1, -0.05) is 12.1 Å². The first kappa shape index (κ1) is 12.1. The molecule has 1 aromatic heterocycles. The molecule has 4 heteroatoms. The van der Waals surface area contributed by atoms with Crippen LogP contribution >= 0.6 is 0 Å². The lowest BCUT2D eigenvalue weighted by Gasteiger charge is -2.12. The normalized spacial score (nSPS) is 11.6. The number of aliphatic hydroxyl groups is 1. The highest BCUT2D eigenvalue weighted by Crippen LogP contribution is 2.28. The summed E-state index contributed by atoms with van der Waals surface area (Å²) in [7, 11) is 0. The fraction of sp³-hybridized carbons (Fsp3) is 0.143. The van der Waals surface area contributed by atoms with Gasteiger partial charge in [0.05, 0.1) is 11.7 Å². The van der Waals surface area contributed by atoms with Crippen LogP contribution in [-0.4, -0.2) is 10.1 Å². The Balaban J connectivity index is 2.38. The van der Waals surface area contributed by atoms with Crippen molar-refractivity contribution in [2.45, 2.75) is 13.0 Å². The molecule has 18 heavy (non-hydrogen) atoms. The Morgan fingerprint density at radius 2 is 2.06 bits per heavy atom. The first-order valence-electron chi connectivity index (χ1n) is 5.52. The van der Waals surface area contributed by atoms with Crippen LogP contribution in [-0.2, 0) is 0 Å². The standard InChI is InChI=1S/C14H12N2O2/c1-10(17)12-6-4-8-16-14(12)18-13-7-3-2-5-11(13)9-15/h2-8,10,17H,1H3/t10-/m1/s1. The molecular formula is C14H12N2O2. The van der Waals surface area contributed by atoms with Crippen molar-refractivity contribution in [3.8, 4) is 17.7 Å². The smallest absolute Gasteiger partial charge is 0.225 e. The lowest BCUT2D eigenvalue weighted by molar-refractivity contribution is 0.194. The van der Waals surface area contributed by atoms with Crippen molar-refractivity contribution in [2.24, 2.45) is 0 Å². The summed E-state index contributed by atoms with van der Waals surface area (Å²) in [6, 6.07) is 12.4. The van der Waals surface area contributed by atoms with Crippen LogP contribution in [0.25, 0.3) is 0 Å². The number of hydrogen-bond donors (Lipinski definition) is 1. The van der Waals surface area contributed by atoms with Gasteiger partial charge in [0.1, 0.15) is 11.8 Å². The van der Waals surface area contributed by atoms with E-state index < -0.39 is 6.10 Å². The van der Waals surface area contributed by atoms with E-state index >= 15 is 0 Å². The maximum atomic E-state index is 9.62. The van der Waals surface area contributed by atoms with Crippen molar-refractivity contribution in [1.29, 1.82) is 5.26 Å². The second-order valence-corrected chi connectivity index (χ2v) is 3.78. The number of para-hydroxylation sites is 1. The minimum Gasteiger partial charge on any atom is -0.437 e. The quantitative estimate of drug-likeness (QED) is 0.895. The van der Waals surface area contributed by atoms with E-state index in [0.717, 1.165) is 0 Å². The van der Waals surface area contributed by atoms with Gasteiger partial charge in [0.15, 0.2) is 0 Å². The molecule has 1 atom stereocenters. The van der Waals surface area contributed by atoms with Crippen molar-refractivity contribution >= 4 is 0 Å². The van der Waals surface area contributed by atoms with Crippen LogP contribution in [0.1, 0.15) is 24.2 Å². The van der Waals surface area contributed by atoms with Gasteiger partial charge < -0.3 is 9.84 Å². The third-order valence-corrected chi connectivity index (χ3v) is 2.46. The van der Waals surface area contributed by atoms with Crippen molar-refractivity contribution in [3.63, 3.8) is 0 Å². The van der Waals surface area contributed by atoms with Crippen LogP contribution in [0, 0.1) is 11.3 Å². The second-order valence-electron chi connectivity index (χ2n) is 3.78. The zero-order chi connectivity index (χ0) is 13.0. The summed E-state index contributed by atoms with van der Waals surface area (Å²) in [6.07, 6.45) is 0.902. The molecular weight excluding hydrogens is 228 g/mol. The molecule has 1 N–H and O–H groups in total. The predicted octanol–water partition coefficient (Wildman–Crippen LogP) is 2.80. The first-order chi connectivity index (χ1) is 8.72. The Morgan fingerprint density at radius 1 is 1.28 bits per heavy atom. The Morgan fingerprint density at radius 3 is 2.78 bits per heavy atom. The van der Waals surface area contributed by atoms with Crippen molar-refractivity contribution < 1.29 is 9.84 Å². The molecule has 0 aliphatic carbocycles. The van der Waals surface area contributed by atoms with Crippen LogP contribution in [0.5, 0.6) is 11.6 Å². The number of pyridine rings is 1. The predicted molar refractivity (Wildman–Crippen MR) is 66.1 cm³/mol. The van der Waals surface area contributed by atoms with Crippen LogP contribution in [0.15, 0.2) is 42.6 Å². The van der Waals surface area contributed by atoms with Crippen molar-refractivity contribution in [2.75, 3.05) is 0 Å². The zero-order valence-electron chi connectivity index (χ0n) is 9.87. The first-order valence-corrected chi connectivity index (χ1v) is 5.52. The fourth-order valence-electron chi connectivity index (χ4n) is 1.56. The van der Waals surface area contributed by atoms with E-state index in [0.29, 0.717) is 22.8 Å².